The lowest BCUT2D eigenvalue weighted by atomic mass is 10.1. The van der Waals surface area contributed by atoms with E-state index in [0.29, 0.717) is 6.54 Å². The van der Waals surface area contributed by atoms with Crippen LogP contribution >= 0.6 is 0 Å². The topological polar surface area (TPSA) is 66.5 Å². The molecular weight excluding hydrogens is 264 g/mol. The Bertz CT molecular complexity index is 459. The van der Waals surface area contributed by atoms with Crippen molar-refractivity contribution in [1.29, 1.82) is 0 Å². The quantitative estimate of drug-likeness (QED) is 0.743. The van der Waals surface area contributed by atoms with Gasteiger partial charge in [-0.25, -0.2) is 8.42 Å². The SMILES string of the molecule is CNC1CS(=O)(=O)CCN(C2C=CCCCC2)C1=O. The number of nitrogens with zero attached hydrogens (tertiary/aromatic N) is 1. The van der Waals surface area contributed by atoms with Crippen molar-refractivity contribution in [3.63, 3.8) is 0 Å². The standard InChI is InChI=1S/C13H22N2O3S/c1-14-12-10-19(17,18)9-8-15(13(12)16)11-6-4-2-3-5-7-11/h4,6,11-12,14H,2-3,5,7-10H2,1H3. The van der Waals surface area contributed by atoms with E-state index in [1.807, 2.05) is 0 Å². The molecule has 1 fully saturated rings. The average Bonchev–Trinajstić information content (AvgIpc) is 2.69. The summed E-state index contributed by atoms with van der Waals surface area (Å²) in [6.45, 7) is 0.314. The van der Waals surface area contributed by atoms with Gasteiger partial charge in [0.2, 0.25) is 5.91 Å². The Morgan fingerprint density at radius 2 is 2.16 bits per heavy atom. The normalized spacial score (nSPS) is 31.8. The van der Waals surface area contributed by atoms with Crippen molar-refractivity contribution in [2.75, 3.05) is 25.1 Å². The van der Waals surface area contributed by atoms with Crippen LogP contribution in [0.1, 0.15) is 25.7 Å². The lowest BCUT2D eigenvalue weighted by molar-refractivity contribution is -0.133. The Balaban J connectivity index is 2.21. The number of carbonyl (C=O) groups is 1. The van der Waals surface area contributed by atoms with Crippen molar-refractivity contribution in [2.45, 2.75) is 37.8 Å². The Morgan fingerprint density at radius 1 is 1.37 bits per heavy atom. The summed E-state index contributed by atoms with van der Waals surface area (Å²) in [6.07, 6.45) is 8.38. The largest absolute Gasteiger partial charge is 0.334 e. The second-order valence-corrected chi connectivity index (χ2v) is 7.50. The highest BCUT2D eigenvalue weighted by atomic mass is 32.2. The van der Waals surface area contributed by atoms with Crippen LogP contribution in [0.3, 0.4) is 0 Å². The first-order valence-corrected chi connectivity index (χ1v) is 8.70. The van der Waals surface area contributed by atoms with Gasteiger partial charge in [0.15, 0.2) is 9.84 Å². The van der Waals surface area contributed by atoms with Gasteiger partial charge in [-0.2, -0.15) is 0 Å². The van der Waals surface area contributed by atoms with Crippen LogP contribution in [-0.2, 0) is 14.6 Å². The number of hydrogen-bond acceptors (Lipinski definition) is 4. The molecular formula is C13H22N2O3S. The van der Waals surface area contributed by atoms with Crippen LogP contribution in [0.25, 0.3) is 0 Å². The summed E-state index contributed by atoms with van der Waals surface area (Å²) in [5.41, 5.74) is 0. The Kier molecular flexibility index (Phi) is 4.62. The van der Waals surface area contributed by atoms with Crippen LogP contribution in [0.2, 0.25) is 0 Å². The van der Waals surface area contributed by atoms with E-state index in [9.17, 15) is 13.2 Å². The second kappa shape index (κ2) is 6.05. The van der Waals surface area contributed by atoms with Crippen molar-refractivity contribution in [2.24, 2.45) is 0 Å². The van der Waals surface area contributed by atoms with Crippen LogP contribution in [-0.4, -0.2) is 56.4 Å². The highest BCUT2D eigenvalue weighted by Crippen LogP contribution is 2.19. The van der Waals surface area contributed by atoms with Crippen LogP contribution in [0.5, 0.6) is 0 Å². The summed E-state index contributed by atoms with van der Waals surface area (Å²) in [6, 6.07) is -0.552. The van der Waals surface area contributed by atoms with Gasteiger partial charge in [0.05, 0.1) is 17.5 Å². The molecule has 0 spiro atoms. The van der Waals surface area contributed by atoms with E-state index in [0.717, 1.165) is 25.7 Å². The first-order chi connectivity index (χ1) is 9.03. The van der Waals surface area contributed by atoms with Gasteiger partial charge in [-0.05, 0) is 26.3 Å². The molecule has 6 heteroatoms. The first-order valence-electron chi connectivity index (χ1n) is 6.88. The summed E-state index contributed by atoms with van der Waals surface area (Å²) in [5, 5.41) is 2.84. The summed E-state index contributed by atoms with van der Waals surface area (Å²) >= 11 is 0. The molecule has 2 rings (SSSR count). The molecule has 1 aliphatic heterocycles. The minimum atomic E-state index is -3.14. The summed E-state index contributed by atoms with van der Waals surface area (Å²) < 4.78 is 23.7. The van der Waals surface area contributed by atoms with Crippen molar-refractivity contribution >= 4 is 15.7 Å². The second-order valence-electron chi connectivity index (χ2n) is 5.27. The van der Waals surface area contributed by atoms with Gasteiger partial charge in [0, 0.05) is 6.54 Å². The van der Waals surface area contributed by atoms with Crippen LogP contribution in [0.4, 0.5) is 0 Å². The molecule has 1 saturated heterocycles. The van der Waals surface area contributed by atoms with E-state index in [2.05, 4.69) is 17.5 Å². The molecule has 0 radical (unpaired) electrons. The van der Waals surface area contributed by atoms with Crippen molar-refractivity contribution in [3.8, 4) is 0 Å². The number of sulfone groups is 1. The lowest BCUT2D eigenvalue weighted by Gasteiger charge is -2.30. The van der Waals surface area contributed by atoms with Gasteiger partial charge in [0.25, 0.3) is 0 Å². The number of hydrogen-bond donors (Lipinski definition) is 1. The number of amides is 1. The molecule has 0 aromatic carbocycles. The van der Waals surface area contributed by atoms with Crippen LogP contribution < -0.4 is 5.32 Å². The molecule has 2 aliphatic rings. The van der Waals surface area contributed by atoms with Gasteiger partial charge in [-0.1, -0.05) is 18.6 Å². The zero-order valence-electron chi connectivity index (χ0n) is 11.3. The zero-order chi connectivity index (χ0) is 13.9. The Morgan fingerprint density at radius 3 is 2.89 bits per heavy atom. The molecule has 2 unspecified atom stereocenters. The smallest absolute Gasteiger partial charge is 0.241 e. The fraction of sp³-hybridized carbons (Fsp3) is 0.769. The highest BCUT2D eigenvalue weighted by Gasteiger charge is 2.35. The predicted molar refractivity (Wildman–Crippen MR) is 74.6 cm³/mol. The van der Waals surface area contributed by atoms with Gasteiger partial charge >= 0.3 is 0 Å². The van der Waals surface area contributed by atoms with Gasteiger partial charge in [-0.15, -0.1) is 0 Å². The molecule has 2 atom stereocenters. The number of allylic oxidation sites excluding steroid dienone is 1. The molecule has 1 amide bonds. The monoisotopic (exact) mass is 286 g/mol. The molecule has 1 aliphatic carbocycles. The maximum Gasteiger partial charge on any atom is 0.241 e. The lowest BCUT2D eigenvalue weighted by Crippen LogP contribution is -2.49. The van der Waals surface area contributed by atoms with E-state index in [1.165, 1.54) is 0 Å². The van der Waals surface area contributed by atoms with Crippen LogP contribution in [0, 0.1) is 0 Å². The van der Waals surface area contributed by atoms with E-state index in [4.69, 9.17) is 0 Å². The molecule has 0 saturated carbocycles. The maximum atomic E-state index is 12.4. The molecule has 108 valence electrons. The number of likely N-dealkylation sites (N-methyl/N-ethyl adjacent to an activating group) is 1. The van der Waals surface area contributed by atoms with E-state index in [-0.39, 0.29) is 23.5 Å². The van der Waals surface area contributed by atoms with Crippen LogP contribution in [0.15, 0.2) is 12.2 Å². The third-order valence-corrected chi connectivity index (χ3v) is 5.52. The van der Waals surface area contributed by atoms with Crippen molar-refractivity contribution < 1.29 is 13.2 Å². The van der Waals surface area contributed by atoms with E-state index < -0.39 is 15.9 Å². The van der Waals surface area contributed by atoms with Crippen molar-refractivity contribution in [3.05, 3.63) is 12.2 Å². The van der Waals surface area contributed by atoms with E-state index >= 15 is 0 Å². The highest BCUT2D eigenvalue weighted by molar-refractivity contribution is 7.91. The average molecular weight is 286 g/mol. The summed E-state index contributed by atoms with van der Waals surface area (Å²) in [5.74, 6) is -0.101. The van der Waals surface area contributed by atoms with Gasteiger partial charge in [-0.3, -0.25) is 4.79 Å². The predicted octanol–water partition coefficient (Wildman–Crippen LogP) is 0.330. The number of rotatable bonds is 2. The van der Waals surface area contributed by atoms with Crippen molar-refractivity contribution in [1.82, 2.24) is 10.2 Å². The fourth-order valence-electron chi connectivity index (χ4n) is 2.72. The molecule has 1 N–H and O–H groups in total. The fourth-order valence-corrected chi connectivity index (χ4v) is 4.18. The molecule has 1 heterocycles. The van der Waals surface area contributed by atoms with Gasteiger partial charge < -0.3 is 10.2 Å². The minimum Gasteiger partial charge on any atom is -0.334 e. The van der Waals surface area contributed by atoms with Gasteiger partial charge in [0.1, 0.15) is 6.04 Å². The third kappa shape index (κ3) is 3.57. The molecule has 0 bridgehead atoms. The minimum absolute atomic E-state index is 0.0548. The molecule has 19 heavy (non-hydrogen) atoms. The van der Waals surface area contributed by atoms with E-state index in [1.54, 1.807) is 11.9 Å². The first kappa shape index (κ1) is 14.5. The maximum absolute atomic E-state index is 12.4. The summed E-state index contributed by atoms with van der Waals surface area (Å²) in [4.78, 5) is 14.2. The Hall–Kier alpha value is -0.880. The zero-order valence-corrected chi connectivity index (χ0v) is 12.2. The molecule has 0 aromatic heterocycles. The summed E-state index contributed by atoms with van der Waals surface area (Å²) in [7, 11) is -1.50. The molecule has 0 aromatic rings. The number of carbonyl (C=O) groups excluding carboxylic acids is 1. The Labute approximate surface area is 115 Å². The molecule has 5 nitrogen and oxygen atoms in total. The number of nitrogens with one attached hydrogen (secondary N) is 1. The third-order valence-electron chi connectivity index (χ3n) is 3.87.